The largest absolute Gasteiger partial charge is 0.378 e. The van der Waals surface area contributed by atoms with Crippen molar-refractivity contribution in [2.45, 2.75) is 26.2 Å². The van der Waals surface area contributed by atoms with E-state index in [1.54, 1.807) is 12.1 Å². The van der Waals surface area contributed by atoms with E-state index in [9.17, 15) is 14.9 Å². The zero-order valence-corrected chi connectivity index (χ0v) is 18.2. The van der Waals surface area contributed by atoms with Crippen molar-refractivity contribution in [2.75, 3.05) is 36.5 Å². The highest BCUT2D eigenvalue weighted by atomic mass is 32.1. The number of aryl methyl sites for hydroxylation is 1. The number of thiocarbonyl (C=S) groups is 1. The Balaban J connectivity index is 1.64. The van der Waals surface area contributed by atoms with Crippen molar-refractivity contribution in [2.24, 2.45) is 0 Å². The molecule has 1 aliphatic rings. The van der Waals surface area contributed by atoms with Gasteiger partial charge >= 0.3 is 0 Å². The van der Waals surface area contributed by atoms with E-state index in [4.69, 9.17) is 17.0 Å². The number of hydrogen-bond donors (Lipinski definition) is 2. The molecule has 2 aromatic rings. The SMILES string of the molecule is CCCCc1ccc(NC(=S)NC(=O)c2ccc(N3CCOCC3)c([N+](=O)[O-])c2)cc1. The summed E-state index contributed by atoms with van der Waals surface area (Å²) in [4.78, 5) is 25.6. The van der Waals surface area contributed by atoms with Crippen molar-refractivity contribution in [3.8, 4) is 0 Å². The summed E-state index contributed by atoms with van der Waals surface area (Å²) in [5, 5.41) is 17.3. The maximum Gasteiger partial charge on any atom is 0.293 e. The van der Waals surface area contributed by atoms with E-state index in [2.05, 4.69) is 17.6 Å². The molecule has 0 atom stereocenters. The van der Waals surface area contributed by atoms with Crippen LogP contribution in [0.5, 0.6) is 0 Å². The molecule has 0 aromatic heterocycles. The van der Waals surface area contributed by atoms with Gasteiger partial charge in [0.15, 0.2) is 5.11 Å². The van der Waals surface area contributed by atoms with Crippen molar-refractivity contribution in [3.05, 3.63) is 63.7 Å². The maximum atomic E-state index is 12.6. The topological polar surface area (TPSA) is 96.7 Å². The first-order valence-electron chi connectivity index (χ1n) is 10.3. The van der Waals surface area contributed by atoms with E-state index >= 15 is 0 Å². The fourth-order valence-electron chi connectivity index (χ4n) is 3.36. The molecule has 1 saturated heterocycles. The zero-order chi connectivity index (χ0) is 22.2. The van der Waals surface area contributed by atoms with Crippen molar-refractivity contribution < 1.29 is 14.5 Å². The van der Waals surface area contributed by atoms with Gasteiger partial charge < -0.3 is 15.0 Å². The van der Waals surface area contributed by atoms with Crippen LogP contribution in [0.3, 0.4) is 0 Å². The molecule has 3 rings (SSSR count). The molecule has 31 heavy (non-hydrogen) atoms. The van der Waals surface area contributed by atoms with Crippen molar-refractivity contribution in [1.29, 1.82) is 0 Å². The van der Waals surface area contributed by atoms with E-state index in [1.165, 1.54) is 11.6 Å². The number of benzene rings is 2. The number of carbonyl (C=O) groups excluding carboxylic acids is 1. The number of amides is 1. The zero-order valence-electron chi connectivity index (χ0n) is 17.4. The number of carbonyl (C=O) groups is 1. The van der Waals surface area contributed by atoms with Crippen LogP contribution in [0, 0.1) is 10.1 Å². The Hall–Kier alpha value is -3.04. The Morgan fingerprint density at radius 1 is 1.19 bits per heavy atom. The predicted octanol–water partition coefficient (Wildman–Crippen LogP) is 3.90. The van der Waals surface area contributed by atoms with E-state index in [0.717, 1.165) is 24.9 Å². The predicted molar refractivity (Wildman–Crippen MR) is 125 cm³/mol. The van der Waals surface area contributed by atoms with Crippen LogP contribution in [-0.4, -0.2) is 42.2 Å². The second-order valence-electron chi connectivity index (χ2n) is 7.27. The number of morpholine rings is 1. The number of nitrogens with zero attached hydrogens (tertiary/aromatic N) is 2. The van der Waals surface area contributed by atoms with Crippen LogP contribution >= 0.6 is 12.2 Å². The van der Waals surface area contributed by atoms with Crippen molar-refractivity contribution in [3.63, 3.8) is 0 Å². The number of nitro groups is 1. The summed E-state index contributed by atoms with van der Waals surface area (Å²) in [6, 6.07) is 12.3. The average Bonchev–Trinajstić information content (AvgIpc) is 2.78. The Labute approximate surface area is 186 Å². The molecule has 0 radical (unpaired) electrons. The smallest absolute Gasteiger partial charge is 0.293 e. The van der Waals surface area contributed by atoms with Gasteiger partial charge in [0.2, 0.25) is 0 Å². The maximum absolute atomic E-state index is 12.6. The lowest BCUT2D eigenvalue weighted by Crippen LogP contribution is -2.37. The molecule has 1 amide bonds. The van der Waals surface area contributed by atoms with Crippen molar-refractivity contribution >= 4 is 40.3 Å². The molecule has 1 heterocycles. The van der Waals surface area contributed by atoms with Gasteiger partial charge in [-0.1, -0.05) is 25.5 Å². The number of anilines is 2. The van der Waals surface area contributed by atoms with Gasteiger partial charge in [-0.25, -0.2) is 0 Å². The molecule has 0 bridgehead atoms. The molecular weight excluding hydrogens is 416 g/mol. The summed E-state index contributed by atoms with van der Waals surface area (Å²) in [7, 11) is 0. The highest BCUT2D eigenvalue weighted by molar-refractivity contribution is 7.80. The van der Waals surface area contributed by atoms with Crippen LogP contribution in [0.2, 0.25) is 0 Å². The van der Waals surface area contributed by atoms with Gasteiger partial charge in [0.1, 0.15) is 5.69 Å². The van der Waals surface area contributed by atoms with Crippen LogP contribution in [0.4, 0.5) is 17.1 Å². The van der Waals surface area contributed by atoms with Crippen LogP contribution in [-0.2, 0) is 11.2 Å². The monoisotopic (exact) mass is 442 g/mol. The second-order valence-corrected chi connectivity index (χ2v) is 7.68. The quantitative estimate of drug-likeness (QED) is 0.381. The minimum Gasteiger partial charge on any atom is -0.378 e. The molecular formula is C22H26N4O4S. The Kier molecular flexibility index (Phi) is 7.91. The molecule has 0 unspecified atom stereocenters. The van der Waals surface area contributed by atoms with Gasteiger partial charge in [0.25, 0.3) is 11.6 Å². The van der Waals surface area contributed by atoms with Gasteiger partial charge in [0.05, 0.1) is 18.1 Å². The number of unbranched alkanes of at least 4 members (excludes halogenated alkanes) is 1. The molecule has 164 valence electrons. The average molecular weight is 443 g/mol. The number of rotatable bonds is 7. The van der Waals surface area contributed by atoms with Crippen LogP contribution in [0.1, 0.15) is 35.7 Å². The molecule has 2 N–H and O–H groups in total. The summed E-state index contributed by atoms with van der Waals surface area (Å²) in [5.41, 5.74) is 2.54. The highest BCUT2D eigenvalue weighted by Crippen LogP contribution is 2.30. The van der Waals surface area contributed by atoms with E-state index < -0.39 is 10.8 Å². The molecule has 1 fully saturated rings. The number of nitro benzene ring substituents is 1. The third kappa shape index (κ3) is 6.22. The van der Waals surface area contributed by atoms with E-state index in [-0.39, 0.29) is 16.4 Å². The highest BCUT2D eigenvalue weighted by Gasteiger charge is 2.23. The summed E-state index contributed by atoms with van der Waals surface area (Å²) in [5.74, 6) is -0.506. The minimum absolute atomic E-state index is 0.115. The van der Waals surface area contributed by atoms with E-state index in [0.29, 0.717) is 32.0 Å². The fourth-order valence-corrected chi connectivity index (χ4v) is 3.57. The lowest BCUT2D eigenvalue weighted by atomic mass is 10.1. The summed E-state index contributed by atoms with van der Waals surface area (Å²) >= 11 is 5.23. The first kappa shape index (κ1) is 22.6. The summed E-state index contributed by atoms with van der Waals surface area (Å²) in [6.07, 6.45) is 3.30. The van der Waals surface area contributed by atoms with Crippen LogP contribution in [0.15, 0.2) is 42.5 Å². The summed E-state index contributed by atoms with van der Waals surface area (Å²) < 4.78 is 5.30. The van der Waals surface area contributed by atoms with Gasteiger partial charge in [-0.3, -0.25) is 20.2 Å². The van der Waals surface area contributed by atoms with E-state index in [1.807, 2.05) is 29.2 Å². The van der Waals surface area contributed by atoms with Gasteiger partial charge in [-0.05, 0) is 54.9 Å². The number of hydrogen-bond acceptors (Lipinski definition) is 6. The molecule has 1 aliphatic heterocycles. The minimum atomic E-state index is -0.506. The standard InChI is InChI=1S/C22H26N4O4S/c1-2-3-4-16-5-8-18(9-6-16)23-22(31)24-21(27)17-7-10-19(20(15-17)26(28)29)25-11-13-30-14-12-25/h5-10,15H,2-4,11-14H2,1H3,(H2,23,24,27,31). The number of nitrogens with one attached hydrogen (secondary N) is 2. The van der Waals surface area contributed by atoms with Gasteiger partial charge in [0, 0.05) is 30.4 Å². The Morgan fingerprint density at radius 2 is 1.90 bits per heavy atom. The van der Waals surface area contributed by atoms with Crippen molar-refractivity contribution in [1.82, 2.24) is 5.32 Å². The lowest BCUT2D eigenvalue weighted by molar-refractivity contribution is -0.384. The second kappa shape index (κ2) is 10.8. The Bertz CT molecular complexity index is 943. The van der Waals surface area contributed by atoms with Gasteiger partial charge in [-0.2, -0.15) is 0 Å². The molecule has 9 heteroatoms. The first-order valence-corrected chi connectivity index (χ1v) is 10.7. The normalized spacial score (nSPS) is 13.5. The Morgan fingerprint density at radius 3 is 2.55 bits per heavy atom. The lowest BCUT2D eigenvalue weighted by Gasteiger charge is -2.28. The van der Waals surface area contributed by atoms with Crippen LogP contribution in [0.25, 0.3) is 0 Å². The molecule has 0 saturated carbocycles. The van der Waals surface area contributed by atoms with Crippen LogP contribution < -0.4 is 15.5 Å². The first-order chi connectivity index (χ1) is 15.0. The molecule has 2 aromatic carbocycles. The molecule has 0 spiro atoms. The molecule has 0 aliphatic carbocycles. The third-order valence-electron chi connectivity index (χ3n) is 5.04. The third-order valence-corrected chi connectivity index (χ3v) is 5.25. The molecule has 8 nitrogen and oxygen atoms in total. The summed E-state index contributed by atoms with van der Waals surface area (Å²) in [6.45, 7) is 4.31. The fraction of sp³-hybridized carbons (Fsp3) is 0.364. The van der Waals surface area contributed by atoms with Gasteiger partial charge in [-0.15, -0.1) is 0 Å². The number of ether oxygens (including phenoxy) is 1.